The van der Waals surface area contributed by atoms with Gasteiger partial charge < -0.3 is 5.11 Å². The number of halogens is 4. The fourth-order valence-corrected chi connectivity index (χ4v) is 1.05. The van der Waals surface area contributed by atoms with Gasteiger partial charge in [-0.3, -0.25) is 0 Å². The van der Waals surface area contributed by atoms with Crippen molar-refractivity contribution in [3.63, 3.8) is 0 Å². The smallest absolute Gasteiger partial charge is 0.269 e. The van der Waals surface area contributed by atoms with Gasteiger partial charge in [0.1, 0.15) is 10.9 Å². The van der Waals surface area contributed by atoms with E-state index in [1.54, 1.807) is 0 Å². The monoisotopic (exact) mass is 213 g/mol. The molecule has 0 radical (unpaired) electrons. The van der Waals surface area contributed by atoms with Crippen molar-refractivity contribution < 1.29 is 13.9 Å². The maximum Gasteiger partial charge on any atom is 0.269 e. The zero-order valence-electron chi connectivity index (χ0n) is 5.56. The van der Waals surface area contributed by atoms with Crippen LogP contribution in [0.4, 0.5) is 8.78 Å². The van der Waals surface area contributed by atoms with E-state index in [9.17, 15) is 8.78 Å². The van der Waals surface area contributed by atoms with Crippen LogP contribution in [0.25, 0.3) is 0 Å². The predicted molar refractivity (Wildman–Crippen MR) is 40.9 cm³/mol. The number of aromatic hydroxyl groups is 1. The minimum absolute atomic E-state index is 0.246. The summed E-state index contributed by atoms with van der Waals surface area (Å²) in [7, 11) is 0. The zero-order valence-corrected chi connectivity index (χ0v) is 7.07. The van der Waals surface area contributed by atoms with Gasteiger partial charge in [0.15, 0.2) is 0 Å². The molecule has 0 bridgehead atoms. The highest BCUT2D eigenvalue weighted by atomic mass is 35.5. The summed E-state index contributed by atoms with van der Waals surface area (Å²) in [6.07, 6.45) is -2.03. The maximum atomic E-state index is 12.1. The van der Waals surface area contributed by atoms with Crippen LogP contribution in [0.2, 0.25) is 10.2 Å². The average molecular weight is 214 g/mol. The molecule has 0 atom stereocenters. The summed E-state index contributed by atoms with van der Waals surface area (Å²) in [6, 6.07) is 0. The van der Waals surface area contributed by atoms with E-state index in [2.05, 4.69) is 4.98 Å². The molecule has 1 aromatic rings. The predicted octanol–water partition coefficient (Wildman–Crippen LogP) is 3.03. The molecule has 0 unspecified atom stereocenters. The Hall–Kier alpha value is -0.610. The molecule has 1 heterocycles. The summed E-state index contributed by atoms with van der Waals surface area (Å²) in [4.78, 5) is 3.37. The molecule has 0 aliphatic rings. The molecule has 66 valence electrons. The minimum Gasteiger partial charge on any atom is -0.506 e. The molecule has 0 saturated heterocycles. The van der Waals surface area contributed by atoms with Gasteiger partial charge in [-0.15, -0.1) is 0 Å². The Morgan fingerprint density at radius 3 is 2.42 bits per heavy atom. The number of alkyl halides is 2. The lowest BCUT2D eigenvalue weighted by Gasteiger charge is -2.05. The van der Waals surface area contributed by atoms with Gasteiger partial charge in [-0.05, 0) is 0 Å². The molecule has 0 saturated carbocycles. The third-order valence-electron chi connectivity index (χ3n) is 1.21. The SMILES string of the molecule is Oc1cnc(Cl)c(Cl)c1C(F)F. The fraction of sp³-hybridized carbons (Fsp3) is 0.167. The molecule has 0 spiro atoms. The van der Waals surface area contributed by atoms with Crippen molar-refractivity contribution in [1.29, 1.82) is 0 Å². The van der Waals surface area contributed by atoms with E-state index in [0.29, 0.717) is 0 Å². The van der Waals surface area contributed by atoms with Gasteiger partial charge in [-0.2, -0.15) is 0 Å². The standard InChI is InChI=1S/C6H3Cl2F2NO/c7-4-3(6(9)10)2(12)1-11-5(4)8/h1,6,12H. The number of aromatic nitrogens is 1. The summed E-state index contributed by atoms with van der Waals surface area (Å²) in [5.41, 5.74) is -0.684. The Morgan fingerprint density at radius 1 is 1.42 bits per heavy atom. The molecule has 0 aliphatic heterocycles. The molecule has 0 aliphatic carbocycles. The van der Waals surface area contributed by atoms with Crippen molar-refractivity contribution in [1.82, 2.24) is 4.98 Å². The number of hydrogen-bond acceptors (Lipinski definition) is 2. The van der Waals surface area contributed by atoms with Crippen LogP contribution in [0.3, 0.4) is 0 Å². The van der Waals surface area contributed by atoms with E-state index in [1.807, 2.05) is 0 Å². The quantitative estimate of drug-likeness (QED) is 0.728. The first-order chi connectivity index (χ1) is 5.54. The van der Waals surface area contributed by atoms with E-state index >= 15 is 0 Å². The molecule has 12 heavy (non-hydrogen) atoms. The summed E-state index contributed by atoms with van der Waals surface area (Å²) in [5, 5.41) is 8.24. The Labute approximate surface area is 76.7 Å². The fourth-order valence-electron chi connectivity index (χ4n) is 0.675. The maximum absolute atomic E-state index is 12.1. The largest absolute Gasteiger partial charge is 0.506 e. The average Bonchev–Trinajstić information content (AvgIpc) is 1.97. The van der Waals surface area contributed by atoms with E-state index in [0.717, 1.165) is 6.20 Å². The van der Waals surface area contributed by atoms with Gasteiger partial charge in [-0.25, -0.2) is 13.8 Å². The van der Waals surface area contributed by atoms with Crippen LogP contribution in [-0.2, 0) is 0 Å². The Balaban J connectivity index is 3.33. The molecule has 1 aromatic heterocycles. The Bertz CT molecular complexity index is 306. The van der Waals surface area contributed by atoms with Gasteiger partial charge in [0.05, 0.1) is 16.8 Å². The lowest BCUT2D eigenvalue weighted by molar-refractivity contribution is 0.147. The van der Waals surface area contributed by atoms with Crippen LogP contribution in [0.15, 0.2) is 6.20 Å². The number of rotatable bonds is 1. The number of pyridine rings is 1. The topological polar surface area (TPSA) is 33.1 Å². The van der Waals surface area contributed by atoms with E-state index in [4.69, 9.17) is 28.3 Å². The van der Waals surface area contributed by atoms with Crippen molar-refractivity contribution >= 4 is 23.2 Å². The van der Waals surface area contributed by atoms with Gasteiger partial charge in [0.2, 0.25) is 0 Å². The molecular weight excluding hydrogens is 211 g/mol. The zero-order chi connectivity index (χ0) is 9.30. The number of hydrogen-bond donors (Lipinski definition) is 1. The van der Waals surface area contributed by atoms with Crippen LogP contribution < -0.4 is 0 Å². The van der Waals surface area contributed by atoms with Gasteiger partial charge in [0, 0.05) is 0 Å². The van der Waals surface area contributed by atoms with Crippen LogP contribution >= 0.6 is 23.2 Å². The second-order valence-corrected chi connectivity index (χ2v) is 2.70. The molecule has 1 rings (SSSR count). The summed E-state index contributed by atoms with van der Waals surface area (Å²) >= 11 is 10.7. The van der Waals surface area contributed by atoms with Gasteiger partial charge >= 0.3 is 0 Å². The second-order valence-electron chi connectivity index (χ2n) is 1.96. The number of nitrogens with zero attached hydrogens (tertiary/aromatic N) is 1. The molecule has 2 nitrogen and oxygen atoms in total. The highest BCUT2D eigenvalue weighted by molar-refractivity contribution is 6.41. The van der Waals surface area contributed by atoms with E-state index in [-0.39, 0.29) is 5.15 Å². The molecule has 6 heteroatoms. The first-order valence-electron chi connectivity index (χ1n) is 2.85. The highest BCUT2D eigenvalue weighted by Crippen LogP contribution is 2.36. The van der Waals surface area contributed by atoms with Crippen molar-refractivity contribution in [3.05, 3.63) is 21.9 Å². The lowest BCUT2D eigenvalue weighted by atomic mass is 10.2. The van der Waals surface area contributed by atoms with Gasteiger partial charge in [-0.1, -0.05) is 23.2 Å². The van der Waals surface area contributed by atoms with Crippen LogP contribution in [-0.4, -0.2) is 10.1 Å². The summed E-state index contributed by atoms with van der Waals surface area (Å²) in [6.45, 7) is 0. The lowest BCUT2D eigenvalue weighted by Crippen LogP contribution is -1.90. The first kappa shape index (κ1) is 9.48. The van der Waals surface area contributed by atoms with E-state index in [1.165, 1.54) is 0 Å². The molecule has 0 aromatic carbocycles. The molecule has 1 N–H and O–H groups in total. The van der Waals surface area contributed by atoms with Crippen LogP contribution in [0.5, 0.6) is 5.75 Å². The third kappa shape index (κ3) is 1.59. The summed E-state index contributed by atoms with van der Waals surface area (Å²) < 4.78 is 24.3. The Kier molecular flexibility index (Phi) is 2.69. The Morgan fingerprint density at radius 2 is 2.00 bits per heavy atom. The van der Waals surface area contributed by atoms with Crippen LogP contribution in [0, 0.1) is 0 Å². The van der Waals surface area contributed by atoms with Crippen molar-refractivity contribution in [2.45, 2.75) is 6.43 Å². The van der Waals surface area contributed by atoms with Crippen molar-refractivity contribution in [2.75, 3.05) is 0 Å². The second kappa shape index (κ2) is 3.41. The first-order valence-corrected chi connectivity index (χ1v) is 3.60. The molecule has 0 amide bonds. The molecule has 0 fully saturated rings. The third-order valence-corrected chi connectivity index (χ3v) is 1.98. The normalized spacial score (nSPS) is 10.8. The molecular formula is C6H3Cl2F2NO. The van der Waals surface area contributed by atoms with Gasteiger partial charge in [0.25, 0.3) is 6.43 Å². The van der Waals surface area contributed by atoms with E-state index < -0.39 is 22.8 Å². The van der Waals surface area contributed by atoms with Crippen molar-refractivity contribution in [3.8, 4) is 5.75 Å². The van der Waals surface area contributed by atoms with Crippen LogP contribution in [0.1, 0.15) is 12.0 Å². The van der Waals surface area contributed by atoms with Crippen molar-refractivity contribution in [2.24, 2.45) is 0 Å². The minimum atomic E-state index is -2.86. The summed E-state index contributed by atoms with van der Waals surface area (Å²) in [5.74, 6) is -0.653. The highest BCUT2D eigenvalue weighted by Gasteiger charge is 2.19.